The van der Waals surface area contributed by atoms with Crippen molar-refractivity contribution in [2.45, 2.75) is 44.0 Å². The molecule has 3 aromatic carbocycles. The molecule has 2 saturated carbocycles. The Kier molecular flexibility index (Phi) is 4.70. The molecule has 148 valence electrons. The molecule has 3 atom stereocenters. The average molecular weight is 487 g/mol. The van der Waals surface area contributed by atoms with E-state index in [-0.39, 0.29) is 0 Å². The number of benzene rings is 3. The summed E-state index contributed by atoms with van der Waals surface area (Å²) >= 11 is -3.27. The molecule has 5 rings (SSSR count). The van der Waals surface area contributed by atoms with Crippen LogP contribution in [0.25, 0.3) is 0 Å². The molecule has 29 heavy (non-hydrogen) atoms. The summed E-state index contributed by atoms with van der Waals surface area (Å²) in [7, 11) is 0. The van der Waals surface area contributed by atoms with Gasteiger partial charge in [0.2, 0.25) is 0 Å². The molecule has 0 aromatic heterocycles. The van der Waals surface area contributed by atoms with E-state index < -0.39 is 18.4 Å². The van der Waals surface area contributed by atoms with Gasteiger partial charge in [-0.25, -0.2) is 0 Å². The van der Waals surface area contributed by atoms with Gasteiger partial charge in [-0.3, -0.25) is 0 Å². The molecule has 0 aliphatic heterocycles. The second-order valence-corrected chi connectivity index (χ2v) is 21.6. The third-order valence-corrected chi connectivity index (χ3v) is 25.1. The maximum absolute atomic E-state index is 3.27. The fraction of sp³-hybridized carbons (Fsp3) is 0.357. The summed E-state index contributed by atoms with van der Waals surface area (Å²) in [6, 6.07) is 34.9. The summed E-state index contributed by atoms with van der Waals surface area (Å²) in [5, 5.41) is 0. The van der Waals surface area contributed by atoms with E-state index in [0.717, 1.165) is 9.85 Å². The molecular formula is C28H32Sn. The van der Waals surface area contributed by atoms with Gasteiger partial charge in [-0.15, -0.1) is 0 Å². The standard InChI is InChI=1S/C10H17.3C6H5.Sn/c1-9(2)8-4-6-10(9,3)7-5-8;3*1-2-4-6-5-3-1;/h6,8H,4-5,7H2,1-3H3;3*1-5H;/t8-,10+;;;;/m1..../s1. The summed E-state index contributed by atoms with van der Waals surface area (Å²) in [5.74, 6) is 0.865. The molecule has 0 nitrogen and oxygen atoms in total. The van der Waals surface area contributed by atoms with Crippen molar-refractivity contribution < 1.29 is 0 Å². The van der Waals surface area contributed by atoms with E-state index in [1.54, 1.807) is 10.7 Å². The van der Waals surface area contributed by atoms with Gasteiger partial charge in [0.05, 0.1) is 0 Å². The third-order valence-electron chi connectivity index (χ3n) is 9.00. The Morgan fingerprint density at radius 1 is 0.655 bits per heavy atom. The van der Waals surface area contributed by atoms with Crippen LogP contribution in [0.1, 0.15) is 40.0 Å². The molecule has 0 N–H and O–H groups in total. The first-order valence-corrected chi connectivity index (χ1v) is 17.1. The molecule has 3 aromatic rings. The van der Waals surface area contributed by atoms with Gasteiger partial charge in [-0.1, -0.05) is 0 Å². The van der Waals surface area contributed by atoms with E-state index in [0.29, 0.717) is 10.8 Å². The molecule has 2 bridgehead atoms. The Labute approximate surface area is 180 Å². The van der Waals surface area contributed by atoms with Crippen LogP contribution < -0.4 is 10.7 Å². The molecule has 2 fully saturated rings. The number of rotatable bonds is 4. The van der Waals surface area contributed by atoms with Crippen LogP contribution in [0.2, 0.25) is 3.93 Å². The Morgan fingerprint density at radius 3 is 1.38 bits per heavy atom. The molecule has 0 saturated heterocycles. The van der Waals surface area contributed by atoms with Gasteiger partial charge in [0.25, 0.3) is 0 Å². The Bertz CT molecular complexity index is 880. The summed E-state index contributed by atoms with van der Waals surface area (Å²) in [6.45, 7) is 7.79. The topological polar surface area (TPSA) is 0 Å². The van der Waals surface area contributed by atoms with Crippen LogP contribution in [0, 0.1) is 16.7 Å². The Morgan fingerprint density at radius 2 is 1.07 bits per heavy atom. The number of hydrogen-bond donors (Lipinski definition) is 0. The van der Waals surface area contributed by atoms with E-state index in [9.17, 15) is 0 Å². The van der Waals surface area contributed by atoms with E-state index in [1.165, 1.54) is 19.3 Å². The van der Waals surface area contributed by atoms with Gasteiger partial charge in [0, 0.05) is 0 Å². The van der Waals surface area contributed by atoms with Crippen LogP contribution in [0.15, 0.2) is 91.0 Å². The van der Waals surface area contributed by atoms with Gasteiger partial charge in [0.15, 0.2) is 0 Å². The molecule has 1 heteroatoms. The van der Waals surface area contributed by atoms with Crippen molar-refractivity contribution in [1.82, 2.24) is 0 Å². The third kappa shape index (κ3) is 2.64. The van der Waals surface area contributed by atoms with Crippen LogP contribution in [0.4, 0.5) is 0 Å². The predicted octanol–water partition coefficient (Wildman–Crippen LogP) is 5.37. The minimum atomic E-state index is -3.27. The molecule has 2 aliphatic carbocycles. The van der Waals surface area contributed by atoms with E-state index >= 15 is 0 Å². The Balaban J connectivity index is 1.85. The van der Waals surface area contributed by atoms with Crippen molar-refractivity contribution in [3.63, 3.8) is 0 Å². The van der Waals surface area contributed by atoms with E-state index in [1.807, 2.05) is 0 Å². The second-order valence-electron chi connectivity index (χ2n) is 10.1. The number of hydrogen-bond acceptors (Lipinski definition) is 0. The van der Waals surface area contributed by atoms with Gasteiger partial charge in [-0.05, 0) is 0 Å². The molecule has 0 amide bonds. The molecule has 0 heterocycles. The van der Waals surface area contributed by atoms with Crippen molar-refractivity contribution in [3.05, 3.63) is 91.0 Å². The fourth-order valence-electron chi connectivity index (χ4n) is 7.07. The van der Waals surface area contributed by atoms with Crippen molar-refractivity contribution >= 4 is 29.1 Å². The van der Waals surface area contributed by atoms with Crippen LogP contribution in [-0.2, 0) is 0 Å². The van der Waals surface area contributed by atoms with Crippen LogP contribution in [0.3, 0.4) is 0 Å². The van der Waals surface area contributed by atoms with Gasteiger partial charge in [0.1, 0.15) is 0 Å². The van der Waals surface area contributed by atoms with Crippen LogP contribution in [-0.4, -0.2) is 18.4 Å². The summed E-state index contributed by atoms with van der Waals surface area (Å²) in [5.41, 5.74) is 0.841. The zero-order chi connectivity index (χ0) is 20.1. The van der Waals surface area contributed by atoms with Gasteiger partial charge >= 0.3 is 181 Å². The zero-order valence-electron chi connectivity index (χ0n) is 17.9. The monoisotopic (exact) mass is 488 g/mol. The summed E-state index contributed by atoms with van der Waals surface area (Å²) in [6.07, 6.45) is 4.21. The van der Waals surface area contributed by atoms with Gasteiger partial charge < -0.3 is 0 Å². The molecule has 0 radical (unpaired) electrons. The average Bonchev–Trinajstić information content (AvgIpc) is 3.11. The van der Waals surface area contributed by atoms with Crippen molar-refractivity contribution in [2.75, 3.05) is 0 Å². The first kappa shape index (κ1) is 19.4. The molecule has 2 aliphatic rings. The van der Waals surface area contributed by atoms with Gasteiger partial charge in [-0.2, -0.15) is 0 Å². The molecule has 0 unspecified atom stereocenters. The minimum absolute atomic E-state index is 0.412. The zero-order valence-corrected chi connectivity index (χ0v) is 20.8. The molecule has 0 spiro atoms. The Hall–Kier alpha value is -1.54. The molecular weight excluding hydrogens is 455 g/mol. The van der Waals surface area contributed by atoms with Crippen molar-refractivity contribution in [3.8, 4) is 0 Å². The number of fused-ring (bicyclic) bond motifs is 2. The first-order chi connectivity index (χ1) is 14.0. The maximum atomic E-state index is 2.64. The van der Waals surface area contributed by atoms with Crippen molar-refractivity contribution in [2.24, 2.45) is 16.7 Å². The second kappa shape index (κ2) is 7.01. The SMILES string of the molecule is CC1(C)[C@H]2CC[C@]1(C)[C@H]([Sn]([c]1ccccc1)([c]1ccccc1)[c]1ccccc1)C2. The fourth-order valence-corrected chi connectivity index (χ4v) is 25.5. The predicted molar refractivity (Wildman–Crippen MR) is 127 cm³/mol. The first-order valence-electron chi connectivity index (χ1n) is 11.2. The quantitative estimate of drug-likeness (QED) is 0.434. The summed E-state index contributed by atoms with van der Waals surface area (Å²) < 4.78 is 5.73. The van der Waals surface area contributed by atoms with E-state index in [4.69, 9.17) is 0 Å². The van der Waals surface area contributed by atoms with Crippen molar-refractivity contribution in [1.29, 1.82) is 0 Å². The van der Waals surface area contributed by atoms with Crippen LogP contribution in [0.5, 0.6) is 0 Å². The van der Waals surface area contributed by atoms with Crippen LogP contribution >= 0.6 is 0 Å². The summed E-state index contributed by atoms with van der Waals surface area (Å²) in [4.78, 5) is 0. The normalized spacial score (nSPS) is 27.8. The van der Waals surface area contributed by atoms with E-state index in [2.05, 4.69) is 112 Å².